The molecule has 0 aliphatic carbocycles. The van der Waals surface area contributed by atoms with E-state index in [1.165, 1.54) is 18.2 Å². The molecule has 1 unspecified atom stereocenters. The maximum Gasteiger partial charge on any atom is 0.268 e. The van der Waals surface area contributed by atoms with Crippen LogP contribution in [-0.4, -0.2) is 23.4 Å². The molecule has 13 heteroatoms. The van der Waals surface area contributed by atoms with Gasteiger partial charge in [-0.25, -0.2) is 21.7 Å². The summed E-state index contributed by atoms with van der Waals surface area (Å²) in [7, 11) is 0. The predicted octanol–water partition coefficient (Wildman–Crippen LogP) is 5.51. The van der Waals surface area contributed by atoms with Crippen molar-refractivity contribution >= 4 is 56.3 Å². The summed E-state index contributed by atoms with van der Waals surface area (Å²) in [6, 6.07) is 14.7. The van der Waals surface area contributed by atoms with Crippen molar-refractivity contribution < 1.29 is 26.7 Å². The third-order valence-corrected chi connectivity index (χ3v) is 6.79. The SMILES string of the molecule is O=C(NCc1c(F)cc(F)cc1F)c1ccc(Br)cc1N(c1nsnc1Cc1ccccc1)S(=O)O. The molecule has 0 aliphatic heterocycles. The zero-order chi connectivity index (χ0) is 25.8. The number of carbonyl (C=O) groups excluding carboxylic acids is 1. The van der Waals surface area contributed by atoms with Crippen LogP contribution in [0.5, 0.6) is 0 Å². The van der Waals surface area contributed by atoms with E-state index in [0.29, 0.717) is 28.7 Å². The second kappa shape index (κ2) is 11.3. The molecule has 0 radical (unpaired) electrons. The van der Waals surface area contributed by atoms with E-state index >= 15 is 0 Å². The second-order valence-corrected chi connectivity index (χ2v) is 9.68. The summed E-state index contributed by atoms with van der Waals surface area (Å²) in [5, 5.41) is 2.37. The maximum atomic E-state index is 14.0. The van der Waals surface area contributed by atoms with Crippen LogP contribution in [0.1, 0.15) is 27.2 Å². The van der Waals surface area contributed by atoms with Crippen molar-refractivity contribution in [1.29, 1.82) is 0 Å². The van der Waals surface area contributed by atoms with Crippen molar-refractivity contribution in [2.75, 3.05) is 4.31 Å². The molecule has 0 fully saturated rings. The highest BCUT2D eigenvalue weighted by Gasteiger charge is 2.27. The van der Waals surface area contributed by atoms with Crippen LogP contribution in [0.2, 0.25) is 0 Å². The molecule has 186 valence electrons. The fraction of sp³-hybridized carbons (Fsp3) is 0.0870. The minimum atomic E-state index is -2.66. The van der Waals surface area contributed by atoms with Crippen LogP contribution < -0.4 is 9.62 Å². The molecule has 4 aromatic rings. The lowest BCUT2D eigenvalue weighted by atomic mass is 10.1. The zero-order valence-corrected chi connectivity index (χ0v) is 21.3. The molecule has 0 bridgehead atoms. The molecular formula is C23H16BrF3N4O3S2. The maximum absolute atomic E-state index is 14.0. The molecule has 1 aromatic heterocycles. The normalized spacial score (nSPS) is 11.8. The van der Waals surface area contributed by atoms with E-state index in [9.17, 15) is 26.7 Å². The lowest BCUT2D eigenvalue weighted by Gasteiger charge is -2.21. The molecule has 1 heterocycles. The first-order chi connectivity index (χ1) is 17.2. The van der Waals surface area contributed by atoms with E-state index in [0.717, 1.165) is 21.6 Å². The van der Waals surface area contributed by atoms with Gasteiger partial charge in [0, 0.05) is 35.1 Å². The van der Waals surface area contributed by atoms with Crippen LogP contribution in [0.25, 0.3) is 0 Å². The van der Waals surface area contributed by atoms with Gasteiger partial charge in [-0.2, -0.15) is 8.75 Å². The lowest BCUT2D eigenvalue weighted by Crippen LogP contribution is -2.28. The van der Waals surface area contributed by atoms with E-state index in [4.69, 9.17) is 0 Å². The number of carbonyl (C=O) groups is 1. The average molecular weight is 597 g/mol. The van der Waals surface area contributed by atoms with Crippen molar-refractivity contribution in [1.82, 2.24) is 14.1 Å². The highest BCUT2D eigenvalue weighted by atomic mass is 79.9. The number of halogens is 4. The monoisotopic (exact) mass is 596 g/mol. The fourth-order valence-electron chi connectivity index (χ4n) is 3.40. The third kappa shape index (κ3) is 5.81. The number of nitrogens with one attached hydrogen (secondary N) is 1. The Balaban J connectivity index is 1.68. The van der Waals surface area contributed by atoms with E-state index in [1.54, 1.807) is 0 Å². The molecule has 1 amide bonds. The quantitative estimate of drug-likeness (QED) is 0.261. The average Bonchev–Trinajstić information content (AvgIpc) is 3.26. The van der Waals surface area contributed by atoms with Crippen molar-refractivity contribution in [3.05, 3.63) is 105 Å². The van der Waals surface area contributed by atoms with Crippen molar-refractivity contribution in [3.8, 4) is 0 Å². The number of nitrogens with zero attached hydrogens (tertiary/aromatic N) is 3. The Morgan fingerprint density at radius 1 is 1.06 bits per heavy atom. The first kappa shape index (κ1) is 25.9. The van der Waals surface area contributed by atoms with Crippen LogP contribution in [0, 0.1) is 17.5 Å². The van der Waals surface area contributed by atoms with Gasteiger partial charge in [0.25, 0.3) is 17.2 Å². The molecule has 0 saturated carbocycles. The van der Waals surface area contributed by atoms with Crippen molar-refractivity contribution in [2.45, 2.75) is 13.0 Å². The minimum Gasteiger partial charge on any atom is -0.348 e. The van der Waals surface area contributed by atoms with Crippen LogP contribution in [-0.2, 0) is 24.2 Å². The van der Waals surface area contributed by atoms with Crippen LogP contribution in [0.15, 0.2) is 65.1 Å². The molecule has 0 spiro atoms. The lowest BCUT2D eigenvalue weighted by molar-refractivity contribution is 0.0951. The fourth-order valence-corrected chi connectivity index (χ4v) is 4.96. The van der Waals surface area contributed by atoms with Gasteiger partial charge in [0.15, 0.2) is 5.82 Å². The van der Waals surface area contributed by atoms with E-state index in [1.807, 2.05) is 30.3 Å². The van der Waals surface area contributed by atoms with Gasteiger partial charge < -0.3 is 5.32 Å². The van der Waals surface area contributed by atoms with Crippen molar-refractivity contribution in [3.63, 3.8) is 0 Å². The van der Waals surface area contributed by atoms with Gasteiger partial charge in [-0.15, -0.1) is 0 Å². The Kier molecular flexibility index (Phi) is 8.14. The Hall–Kier alpha value is -3.13. The van der Waals surface area contributed by atoms with Crippen LogP contribution in [0.4, 0.5) is 24.7 Å². The zero-order valence-electron chi connectivity index (χ0n) is 18.1. The van der Waals surface area contributed by atoms with E-state index < -0.39 is 46.7 Å². The number of rotatable bonds is 8. The third-order valence-electron chi connectivity index (χ3n) is 5.05. The Morgan fingerprint density at radius 2 is 1.75 bits per heavy atom. The summed E-state index contributed by atoms with van der Waals surface area (Å²) >= 11 is 1.47. The summed E-state index contributed by atoms with van der Waals surface area (Å²) in [4.78, 5) is 13.0. The van der Waals surface area contributed by atoms with E-state index in [-0.39, 0.29) is 17.1 Å². The Morgan fingerprint density at radius 3 is 2.42 bits per heavy atom. The van der Waals surface area contributed by atoms with Gasteiger partial charge in [-0.3, -0.25) is 9.35 Å². The van der Waals surface area contributed by atoms with Gasteiger partial charge >= 0.3 is 0 Å². The number of anilines is 2. The van der Waals surface area contributed by atoms with Gasteiger partial charge in [0.2, 0.25) is 0 Å². The second-order valence-electron chi connectivity index (χ2n) is 7.41. The summed E-state index contributed by atoms with van der Waals surface area (Å²) < 4.78 is 73.8. The number of aromatic nitrogens is 2. The largest absolute Gasteiger partial charge is 0.348 e. The van der Waals surface area contributed by atoms with E-state index in [2.05, 4.69) is 30.0 Å². The van der Waals surface area contributed by atoms with Gasteiger partial charge in [0.05, 0.1) is 23.0 Å². The van der Waals surface area contributed by atoms with Gasteiger partial charge in [0.1, 0.15) is 23.1 Å². The number of hydrogen-bond acceptors (Lipinski definition) is 5. The highest BCUT2D eigenvalue weighted by Crippen LogP contribution is 2.34. The van der Waals surface area contributed by atoms with Crippen molar-refractivity contribution in [2.24, 2.45) is 0 Å². The number of hydrogen-bond donors (Lipinski definition) is 2. The summed E-state index contributed by atoms with van der Waals surface area (Å²) in [5.74, 6) is -4.10. The topological polar surface area (TPSA) is 95.4 Å². The van der Waals surface area contributed by atoms with Crippen LogP contribution in [0.3, 0.4) is 0 Å². The minimum absolute atomic E-state index is 0.00442. The highest BCUT2D eigenvalue weighted by molar-refractivity contribution is 9.10. The molecule has 0 saturated heterocycles. The molecular weight excluding hydrogens is 581 g/mol. The Bertz CT molecular complexity index is 1420. The number of amides is 1. The predicted molar refractivity (Wildman–Crippen MR) is 134 cm³/mol. The smallest absolute Gasteiger partial charge is 0.268 e. The molecule has 0 aliphatic rings. The molecule has 7 nitrogen and oxygen atoms in total. The first-order valence-electron chi connectivity index (χ1n) is 10.2. The summed E-state index contributed by atoms with van der Waals surface area (Å²) in [6.07, 6.45) is 0.318. The Labute approximate surface area is 218 Å². The number of benzene rings is 3. The summed E-state index contributed by atoms with van der Waals surface area (Å²) in [6.45, 7) is -0.577. The van der Waals surface area contributed by atoms with Crippen LogP contribution >= 0.6 is 27.7 Å². The molecule has 3 aromatic carbocycles. The molecule has 4 rings (SSSR count). The van der Waals surface area contributed by atoms with Gasteiger partial charge in [-0.05, 0) is 23.8 Å². The summed E-state index contributed by atoms with van der Waals surface area (Å²) in [5.41, 5.74) is 0.716. The standard InChI is InChI=1S/C23H16BrF3N4O3S2/c24-14-6-7-16(23(32)28-12-17-18(26)10-15(25)11-19(17)27)21(9-14)31(36(33)34)22-20(29-35-30-22)8-13-4-2-1-3-5-13/h1-7,9-11H,8,12H2,(H,28,32)(H,33,34). The van der Waals surface area contributed by atoms with Gasteiger partial charge in [-0.1, -0.05) is 46.3 Å². The molecule has 36 heavy (non-hydrogen) atoms. The first-order valence-corrected chi connectivity index (χ1v) is 12.8. The molecule has 2 N–H and O–H groups in total. The molecule has 1 atom stereocenters.